The Hall–Kier alpha value is -2.49. The maximum Gasteiger partial charge on any atom is 0.170 e. The van der Waals surface area contributed by atoms with Crippen LogP contribution in [0.2, 0.25) is 5.02 Å². The molecule has 140 valence electrons. The Morgan fingerprint density at radius 1 is 0.852 bits per heavy atom. The lowest BCUT2D eigenvalue weighted by atomic mass is 10.1. The van der Waals surface area contributed by atoms with Gasteiger partial charge in [-0.25, -0.2) is 0 Å². The Balaban J connectivity index is 1.66. The van der Waals surface area contributed by atoms with Crippen molar-refractivity contribution in [1.29, 1.82) is 0 Å². The second kappa shape index (κ2) is 9.45. The summed E-state index contributed by atoms with van der Waals surface area (Å²) < 4.78 is 11.6. The molecule has 0 saturated carbocycles. The van der Waals surface area contributed by atoms with Gasteiger partial charge in [0.25, 0.3) is 0 Å². The molecule has 0 saturated heterocycles. The van der Waals surface area contributed by atoms with E-state index in [0.29, 0.717) is 6.61 Å². The minimum atomic E-state index is 0.475. The molecular weight excluding hydrogens is 358 g/mol. The lowest BCUT2D eigenvalue weighted by Crippen LogP contribution is -2.80. The molecule has 0 bridgehead atoms. The SMILES string of the molecule is COc1cccc(C[NH2+]Cc2ccc(C)cc2)c1OCc1ccc(Cl)cc1. The minimum Gasteiger partial charge on any atom is -0.493 e. The topological polar surface area (TPSA) is 35.1 Å². The van der Waals surface area contributed by atoms with E-state index in [1.54, 1.807) is 7.11 Å². The predicted octanol–water partition coefficient (Wildman–Crippen LogP) is 4.50. The van der Waals surface area contributed by atoms with E-state index in [4.69, 9.17) is 21.1 Å². The van der Waals surface area contributed by atoms with E-state index in [1.807, 2.05) is 36.4 Å². The number of nitrogens with two attached hydrogens (primary N) is 1. The third-order valence-corrected chi connectivity index (χ3v) is 4.69. The quantitative estimate of drug-likeness (QED) is 0.622. The molecule has 3 rings (SSSR count). The Morgan fingerprint density at radius 2 is 1.56 bits per heavy atom. The second-order valence-electron chi connectivity index (χ2n) is 6.55. The number of rotatable bonds is 8. The normalized spacial score (nSPS) is 10.6. The number of quaternary nitrogens is 1. The van der Waals surface area contributed by atoms with Gasteiger partial charge in [0.2, 0.25) is 0 Å². The molecule has 0 aromatic heterocycles. The molecule has 0 unspecified atom stereocenters. The first kappa shape index (κ1) is 19.3. The van der Waals surface area contributed by atoms with Crippen molar-refractivity contribution in [3.05, 3.63) is 94.0 Å². The van der Waals surface area contributed by atoms with Gasteiger partial charge in [-0.05, 0) is 36.8 Å². The van der Waals surface area contributed by atoms with Gasteiger partial charge in [-0.15, -0.1) is 0 Å². The van der Waals surface area contributed by atoms with Gasteiger partial charge in [0.1, 0.15) is 19.7 Å². The third-order valence-electron chi connectivity index (χ3n) is 4.44. The molecule has 3 aromatic rings. The Bertz CT molecular complexity index is 861. The number of benzene rings is 3. The molecule has 3 aromatic carbocycles. The maximum absolute atomic E-state index is 6.12. The summed E-state index contributed by atoms with van der Waals surface area (Å²) >= 11 is 5.95. The highest BCUT2D eigenvalue weighted by Gasteiger charge is 2.12. The van der Waals surface area contributed by atoms with E-state index in [2.05, 4.69) is 42.6 Å². The van der Waals surface area contributed by atoms with Gasteiger partial charge < -0.3 is 14.8 Å². The predicted molar refractivity (Wildman–Crippen MR) is 109 cm³/mol. The maximum atomic E-state index is 6.12. The summed E-state index contributed by atoms with van der Waals surface area (Å²) in [6, 6.07) is 22.4. The summed E-state index contributed by atoms with van der Waals surface area (Å²) in [6.07, 6.45) is 0. The van der Waals surface area contributed by atoms with Crippen LogP contribution in [0, 0.1) is 6.92 Å². The van der Waals surface area contributed by atoms with Crippen molar-refractivity contribution in [1.82, 2.24) is 0 Å². The standard InChI is InChI=1S/C23H24ClNO2/c1-17-6-8-18(9-7-17)14-25-15-20-4-3-5-22(26-2)23(20)27-16-19-10-12-21(24)13-11-19/h3-13,25H,14-16H2,1-2H3/p+1. The van der Waals surface area contributed by atoms with Crippen LogP contribution in [0.15, 0.2) is 66.7 Å². The van der Waals surface area contributed by atoms with Gasteiger partial charge in [-0.2, -0.15) is 0 Å². The Labute approximate surface area is 165 Å². The van der Waals surface area contributed by atoms with Crippen molar-refractivity contribution >= 4 is 11.6 Å². The molecule has 27 heavy (non-hydrogen) atoms. The summed E-state index contributed by atoms with van der Waals surface area (Å²) in [4.78, 5) is 0. The number of aryl methyl sites for hydroxylation is 1. The van der Waals surface area contributed by atoms with Gasteiger partial charge in [0.15, 0.2) is 11.5 Å². The van der Waals surface area contributed by atoms with E-state index in [0.717, 1.165) is 40.7 Å². The van der Waals surface area contributed by atoms with Crippen LogP contribution < -0.4 is 14.8 Å². The van der Waals surface area contributed by atoms with E-state index in [1.165, 1.54) is 11.1 Å². The number of hydrogen-bond donors (Lipinski definition) is 1. The molecule has 0 aliphatic heterocycles. The van der Waals surface area contributed by atoms with E-state index in [9.17, 15) is 0 Å². The minimum absolute atomic E-state index is 0.475. The number of ether oxygens (including phenoxy) is 2. The highest BCUT2D eigenvalue weighted by molar-refractivity contribution is 6.30. The van der Waals surface area contributed by atoms with Crippen LogP contribution in [-0.2, 0) is 19.7 Å². The van der Waals surface area contributed by atoms with Crippen LogP contribution in [0.4, 0.5) is 0 Å². The zero-order chi connectivity index (χ0) is 19.1. The third kappa shape index (κ3) is 5.49. The molecule has 4 heteroatoms. The van der Waals surface area contributed by atoms with Gasteiger partial charge in [-0.3, -0.25) is 0 Å². The fourth-order valence-electron chi connectivity index (χ4n) is 2.90. The number of hydrogen-bond acceptors (Lipinski definition) is 2. The van der Waals surface area contributed by atoms with Gasteiger partial charge in [0.05, 0.1) is 12.7 Å². The van der Waals surface area contributed by atoms with Crippen LogP contribution in [0.5, 0.6) is 11.5 Å². The molecule has 0 radical (unpaired) electrons. The van der Waals surface area contributed by atoms with Gasteiger partial charge >= 0.3 is 0 Å². The fourth-order valence-corrected chi connectivity index (χ4v) is 3.03. The molecule has 0 spiro atoms. The molecular formula is C23H25ClNO2+. The van der Waals surface area contributed by atoms with Crippen LogP contribution in [0.25, 0.3) is 0 Å². The zero-order valence-corrected chi connectivity index (χ0v) is 16.5. The summed E-state index contributed by atoms with van der Waals surface area (Å²) in [7, 11) is 1.67. The molecule has 0 aliphatic carbocycles. The zero-order valence-electron chi connectivity index (χ0n) is 15.7. The molecule has 0 amide bonds. The van der Waals surface area contributed by atoms with E-state index in [-0.39, 0.29) is 0 Å². The number of halogens is 1. The fraction of sp³-hybridized carbons (Fsp3) is 0.217. The lowest BCUT2D eigenvalue weighted by molar-refractivity contribution is -0.686. The van der Waals surface area contributed by atoms with Gasteiger partial charge in [0, 0.05) is 10.6 Å². The van der Waals surface area contributed by atoms with Crippen molar-refractivity contribution in [2.45, 2.75) is 26.6 Å². The highest BCUT2D eigenvalue weighted by Crippen LogP contribution is 2.31. The molecule has 3 nitrogen and oxygen atoms in total. The second-order valence-corrected chi connectivity index (χ2v) is 6.98. The average Bonchev–Trinajstić information content (AvgIpc) is 2.69. The average molecular weight is 383 g/mol. The van der Waals surface area contributed by atoms with Crippen LogP contribution in [-0.4, -0.2) is 7.11 Å². The first-order valence-electron chi connectivity index (χ1n) is 9.06. The Morgan fingerprint density at radius 3 is 2.26 bits per heavy atom. The molecule has 0 fully saturated rings. The van der Waals surface area contributed by atoms with Crippen molar-refractivity contribution in [2.24, 2.45) is 0 Å². The smallest absolute Gasteiger partial charge is 0.170 e. The largest absolute Gasteiger partial charge is 0.493 e. The summed E-state index contributed by atoms with van der Waals surface area (Å²) in [5, 5.41) is 3.00. The first-order chi connectivity index (χ1) is 13.2. The Kier molecular flexibility index (Phi) is 6.74. The van der Waals surface area contributed by atoms with Crippen molar-refractivity contribution in [3.8, 4) is 11.5 Å². The summed E-state index contributed by atoms with van der Waals surface area (Å²) in [5.41, 5.74) is 4.78. The molecule has 0 atom stereocenters. The molecule has 0 heterocycles. The van der Waals surface area contributed by atoms with Crippen LogP contribution in [0.3, 0.4) is 0 Å². The highest BCUT2D eigenvalue weighted by atomic mass is 35.5. The first-order valence-corrected chi connectivity index (χ1v) is 9.44. The van der Waals surface area contributed by atoms with Gasteiger partial charge in [-0.1, -0.05) is 59.6 Å². The summed E-state index contributed by atoms with van der Waals surface area (Å²) in [6.45, 7) is 4.33. The van der Waals surface area contributed by atoms with Crippen molar-refractivity contribution in [3.63, 3.8) is 0 Å². The van der Waals surface area contributed by atoms with Crippen molar-refractivity contribution < 1.29 is 14.8 Å². The summed E-state index contributed by atoms with van der Waals surface area (Å²) in [5.74, 6) is 1.56. The van der Waals surface area contributed by atoms with Crippen molar-refractivity contribution in [2.75, 3.05) is 7.11 Å². The van der Waals surface area contributed by atoms with E-state index < -0.39 is 0 Å². The number of para-hydroxylation sites is 1. The lowest BCUT2D eigenvalue weighted by Gasteiger charge is -2.15. The van der Waals surface area contributed by atoms with Crippen LogP contribution >= 0.6 is 11.6 Å². The monoisotopic (exact) mass is 382 g/mol. The van der Waals surface area contributed by atoms with E-state index >= 15 is 0 Å². The van der Waals surface area contributed by atoms with Crippen LogP contribution in [0.1, 0.15) is 22.3 Å². The number of methoxy groups -OCH3 is 1. The molecule has 2 N–H and O–H groups in total. The molecule has 0 aliphatic rings.